The number of hydrogen-bond acceptors (Lipinski definition) is 7. The largest absolute Gasteiger partial charge is 0.497 e. The van der Waals surface area contributed by atoms with Gasteiger partial charge in [0.05, 0.1) is 30.0 Å². The monoisotopic (exact) mass is 462 g/mol. The number of aromatic nitrogens is 1. The zero-order valence-corrected chi connectivity index (χ0v) is 19.5. The molecule has 8 heteroatoms. The first-order valence-electron chi connectivity index (χ1n) is 11.1. The van der Waals surface area contributed by atoms with E-state index in [0.717, 1.165) is 49.2 Å². The number of methoxy groups -OCH3 is 1. The van der Waals surface area contributed by atoms with E-state index in [0.29, 0.717) is 11.1 Å². The van der Waals surface area contributed by atoms with E-state index in [1.165, 1.54) is 21.8 Å². The van der Waals surface area contributed by atoms with Crippen molar-refractivity contribution >= 4 is 28.8 Å². The van der Waals surface area contributed by atoms with E-state index in [1.54, 1.807) is 19.4 Å². The molecule has 1 saturated heterocycles. The first-order chi connectivity index (χ1) is 16.1. The van der Waals surface area contributed by atoms with Gasteiger partial charge in [-0.15, -0.1) is 11.3 Å². The predicted molar refractivity (Wildman–Crippen MR) is 128 cm³/mol. The van der Waals surface area contributed by atoms with E-state index in [1.807, 2.05) is 36.6 Å². The molecule has 0 unspecified atom stereocenters. The van der Waals surface area contributed by atoms with Gasteiger partial charge >= 0.3 is 0 Å². The van der Waals surface area contributed by atoms with Gasteiger partial charge in [-0.05, 0) is 36.8 Å². The SMILES string of the molecule is COc1cccc(CN2CCN(c3cccc4c3C(=O)N([C@@H](C)c3nccs3)C4=O)CC2)c1. The minimum absolute atomic E-state index is 0.230. The molecule has 2 aromatic carbocycles. The van der Waals surface area contributed by atoms with E-state index in [4.69, 9.17) is 4.74 Å². The Kier molecular flexibility index (Phi) is 5.86. The lowest BCUT2D eigenvalue weighted by molar-refractivity contribution is 0.0595. The van der Waals surface area contributed by atoms with Crippen LogP contribution in [0, 0.1) is 0 Å². The molecule has 170 valence electrons. The molecule has 2 aliphatic rings. The fourth-order valence-corrected chi connectivity index (χ4v) is 5.31. The van der Waals surface area contributed by atoms with E-state index in [-0.39, 0.29) is 17.9 Å². The maximum Gasteiger partial charge on any atom is 0.264 e. The molecule has 2 amide bonds. The highest BCUT2D eigenvalue weighted by Crippen LogP contribution is 2.37. The molecule has 33 heavy (non-hydrogen) atoms. The second-order valence-corrected chi connectivity index (χ2v) is 9.27. The minimum Gasteiger partial charge on any atom is -0.497 e. The van der Waals surface area contributed by atoms with E-state index in [9.17, 15) is 9.59 Å². The summed E-state index contributed by atoms with van der Waals surface area (Å²) in [5.41, 5.74) is 3.07. The van der Waals surface area contributed by atoms with Gasteiger partial charge in [0, 0.05) is 44.3 Å². The van der Waals surface area contributed by atoms with Crippen LogP contribution in [-0.4, -0.2) is 59.9 Å². The van der Waals surface area contributed by atoms with Crippen molar-refractivity contribution in [2.24, 2.45) is 0 Å². The maximum absolute atomic E-state index is 13.4. The predicted octanol–water partition coefficient (Wildman–Crippen LogP) is 3.83. The Balaban J connectivity index is 1.32. The van der Waals surface area contributed by atoms with Crippen LogP contribution in [0.15, 0.2) is 54.0 Å². The van der Waals surface area contributed by atoms with Crippen LogP contribution < -0.4 is 9.64 Å². The van der Waals surface area contributed by atoms with Gasteiger partial charge in [0.2, 0.25) is 0 Å². The molecule has 2 aliphatic heterocycles. The van der Waals surface area contributed by atoms with Crippen molar-refractivity contribution in [2.75, 3.05) is 38.2 Å². The third-order valence-corrected chi connectivity index (χ3v) is 7.32. The zero-order valence-electron chi connectivity index (χ0n) is 18.7. The Morgan fingerprint density at radius 3 is 2.58 bits per heavy atom. The molecule has 3 aromatic rings. The summed E-state index contributed by atoms with van der Waals surface area (Å²) >= 11 is 1.46. The molecular formula is C25H26N4O3S. The summed E-state index contributed by atoms with van der Waals surface area (Å²) in [6, 6.07) is 13.4. The number of amides is 2. The second kappa shape index (κ2) is 8.96. The third kappa shape index (κ3) is 4.00. The summed E-state index contributed by atoms with van der Waals surface area (Å²) in [5.74, 6) is 0.397. The summed E-state index contributed by atoms with van der Waals surface area (Å²) in [6.07, 6.45) is 1.70. The molecule has 0 spiro atoms. The van der Waals surface area contributed by atoms with Gasteiger partial charge in [-0.1, -0.05) is 18.2 Å². The van der Waals surface area contributed by atoms with Gasteiger partial charge in [-0.25, -0.2) is 4.98 Å². The zero-order chi connectivity index (χ0) is 22.9. The number of fused-ring (bicyclic) bond motifs is 1. The van der Waals surface area contributed by atoms with Crippen LogP contribution >= 0.6 is 11.3 Å². The highest BCUT2D eigenvalue weighted by atomic mass is 32.1. The molecule has 0 N–H and O–H groups in total. The highest BCUT2D eigenvalue weighted by molar-refractivity contribution is 7.09. The van der Waals surface area contributed by atoms with E-state index in [2.05, 4.69) is 26.9 Å². The van der Waals surface area contributed by atoms with Crippen LogP contribution in [0.2, 0.25) is 0 Å². The number of carbonyl (C=O) groups is 2. The molecule has 0 saturated carbocycles. The average Bonchev–Trinajstić information content (AvgIpc) is 3.47. The number of benzene rings is 2. The number of imide groups is 1. The number of anilines is 1. The summed E-state index contributed by atoms with van der Waals surface area (Å²) in [5, 5.41) is 2.62. The van der Waals surface area contributed by atoms with Gasteiger partial charge in [0.15, 0.2) is 0 Å². The summed E-state index contributed by atoms with van der Waals surface area (Å²) in [6.45, 7) is 6.06. The van der Waals surface area contributed by atoms with Crippen molar-refractivity contribution in [3.8, 4) is 5.75 Å². The Bertz CT molecular complexity index is 1170. The first kappa shape index (κ1) is 21.6. The van der Waals surface area contributed by atoms with Crippen LogP contribution in [0.3, 0.4) is 0 Å². The second-order valence-electron chi connectivity index (χ2n) is 8.34. The quantitative estimate of drug-likeness (QED) is 0.519. The molecule has 1 fully saturated rings. The van der Waals surface area contributed by atoms with Gasteiger partial charge < -0.3 is 9.64 Å². The number of carbonyl (C=O) groups excluding carboxylic acids is 2. The minimum atomic E-state index is -0.384. The number of thiazole rings is 1. The molecule has 7 nitrogen and oxygen atoms in total. The molecule has 0 radical (unpaired) electrons. The number of ether oxygens (including phenoxy) is 1. The van der Waals surface area contributed by atoms with Gasteiger partial charge in [-0.3, -0.25) is 19.4 Å². The summed E-state index contributed by atoms with van der Waals surface area (Å²) < 4.78 is 5.34. The topological polar surface area (TPSA) is 66.0 Å². The molecule has 0 bridgehead atoms. The fourth-order valence-electron chi connectivity index (χ4n) is 4.63. The Labute approximate surface area is 197 Å². The Morgan fingerprint density at radius 2 is 1.85 bits per heavy atom. The lowest BCUT2D eigenvalue weighted by Crippen LogP contribution is -2.46. The van der Waals surface area contributed by atoms with Crippen molar-refractivity contribution in [3.05, 3.63) is 75.7 Å². The maximum atomic E-state index is 13.4. The Hall–Kier alpha value is -3.23. The van der Waals surface area contributed by atoms with Crippen molar-refractivity contribution < 1.29 is 14.3 Å². The van der Waals surface area contributed by atoms with Crippen molar-refractivity contribution in [2.45, 2.75) is 19.5 Å². The molecule has 3 heterocycles. The van der Waals surface area contributed by atoms with Gasteiger partial charge in [-0.2, -0.15) is 0 Å². The van der Waals surface area contributed by atoms with Crippen LogP contribution in [-0.2, 0) is 6.54 Å². The number of piperazine rings is 1. The number of rotatable bonds is 6. The van der Waals surface area contributed by atoms with Crippen LogP contribution in [0.4, 0.5) is 5.69 Å². The average molecular weight is 463 g/mol. The van der Waals surface area contributed by atoms with E-state index >= 15 is 0 Å². The van der Waals surface area contributed by atoms with Gasteiger partial charge in [0.1, 0.15) is 10.8 Å². The van der Waals surface area contributed by atoms with Crippen molar-refractivity contribution in [1.82, 2.24) is 14.8 Å². The fraction of sp³-hybridized carbons (Fsp3) is 0.320. The smallest absolute Gasteiger partial charge is 0.264 e. The lowest BCUT2D eigenvalue weighted by Gasteiger charge is -2.36. The highest BCUT2D eigenvalue weighted by Gasteiger charge is 2.42. The Morgan fingerprint density at radius 1 is 1.06 bits per heavy atom. The normalized spacial score (nSPS) is 17.4. The van der Waals surface area contributed by atoms with Crippen molar-refractivity contribution in [3.63, 3.8) is 0 Å². The molecule has 1 atom stereocenters. The number of nitrogens with zero attached hydrogens (tertiary/aromatic N) is 4. The third-order valence-electron chi connectivity index (χ3n) is 6.37. The summed E-state index contributed by atoms with van der Waals surface area (Å²) in [7, 11) is 1.68. The first-order valence-corrected chi connectivity index (χ1v) is 12.0. The van der Waals surface area contributed by atoms with E-state index < -0.39 is 0 Å². The van der Waals surface area contributed by atoms with Crippen LogP contribution in [0.25, 0.3) is 0 Å². The van der Waals surface area contributed by atoms with Crippen molar-refractivity contribution in [1.29, 1.82) is 0 Å². The lowest BCUT2D eigenvalue weighted by atomic mass is 10.1. The molecule has 5 rings (SSSR count). The van der Waals surface area contributed by atoms with Crippen LogP contribution in [0.5, 0.6) is 5.75 Å². The van der Waals surface area contributed by atoms with Crippen LogP contribution in [0.1, 0.15) is 44.3 Å². The summed E-state index contributed by atoms with van der Waals surface area (Å²) in [4.78, 5) is 36.8. The van der Waals surface area contributed by atoms with Gasteiger partial charge in [0.25, 0.3) is 11.8 Å². The molecular weight excluding hydrogens is 436 g/mol. The molecule has 0 aliphatic carbocycles. The molecule has 1 aromatic heterocycles. The number of hydrogen-bond donors (Lipinski definition) is 0. The standard InChI is InChI=1S/C25H26N4O3S/c1-17(23-26-9-14-33-23)29-24(30)20-7-4-8-21(22(20)25(29)31)28-12-10-27(11-13-28)16-18-5-3-6-19(15-18)32-2/h3-9,14-15,17H,10-13,16H2,1-2H3/t17-/m0/s1.